The molecule has 5 heteroatoms. The monoisotopic (exact) mass is 346 g/mol. The summed E-state index contributed by atoms with van der Waals surface area (Å²) in [6.45, 7) is 12.8. The Balaban J connectivity index is 1.87. The molecule has 2 aliphatic heterocycles. The molecule has 0 N–H and O–H groups in total. The average Bonchev–Trinajstić information content (AvgIpc) is 3.23. The predicted octanol–water partition coefficient (Wildman–Crippen LogP) is 3.46. The second-order valence-corrected chi connectivity index (χ2v) is 9.09. The van der Waals surface area contributed by atoms with Gasteiger partial charge < -0.3 is 9.80 Å². The molecule has 1 aromatic rings. The van der Waals surface area contributed by atoms with Gasteiger partial charge in [-0.05, 0) is 72.0 Å². The lowest BCUT2D eigenvalue weighted by Crippen LogP contribution is -2.47. The first-order valence-electron chi connectivity index (χ1n) is 9.82. The molecule has 0 radical (unpaired) electrons. The Morgan fingerprint density at radius 1 is 1.16 bits per heavy atom. The van der Waals surface area contributed by atoms with Crippen LogP contribution in [0.4, 0.5) is 0 Å². The molecule has 3 heterocycles. The van der Waals surface area contributed by atoms with Gasteiger partial charge in [0.25, 0.3) is 5.91 Å². The van der Waals surface area contributed by atoms with E-state index in [1.54, 1.807) is 0 Å². The van der Waals surface area contributed by atoms with Crippen LogP contribution in [-0.2, 0) is 5.54 Å². The highest BCUT2D eigenvalue weighted by Gasteiger charge is 2.39. The number of likely N-dealkylation sites (tertiary alicyclic amines) is 2. The molecule has 2 fully saturated rings. The van der Waals surface area contributed by atoms with E-state index in [0.29, 0.717) is 23.7 Å². The van der Waals surface area contributed by atoms with E-state index in [1.165, 1.54) is 12.8 Å². The van der Waals surface area contributed by atoms with Gasteiger partial charge in [-0.15, -0.1) is 0 Å². The molecule has 0 bridgehead atoms. The van der Waals surface area contributed by atoms with Gasteiger partial charge in [0.2, 0.25) is 0 Å². The predicted molar refractivity (Wildman–Crippen MR) is 101 cm³/mol. The number of hydrogen-bond donors (Lipinski definition) is 0. The molecule has 1 amide bonds. The zero-order chi connectivity index (χ0) is 18.4. The summed E-state index contributed by atoms with van der Waals surface area (Å²) in [5.41, 5.74) is 1.64. The van der Waals surface area contributed by atoms with E-state index in [-0.39, 0.29) is 11.4 Å². The lowest BCUT2D eigenvalue weighted by molar-refractivity contribution is 0.0657. The van der Waals surface area contributed by atoms with E-state index in [4.69, 9.17) is 5.10 Å². The standard InChI is InChI=1S/C20H34N4O/c1-14(2)18-13-15(21-24(18)20(3,4)5)19(25)23-12-8-10-17(23)16-9-7-11-22(16)6/h13-14,16-17H,7-12H2,1-6H3/t16-,17-/m1/s1. The highest BCUT2D eigenvalue weighted by atomic mass is 16.2. The Bertz CT molecular complexity index is 628. The molecule has 2 aliphatic rings. The summed E-state index contributed by atoms with van der Waals surface area (Å²) in [5, 5.41) is 4.74. The zero-order valence-corrected chi connectivity index (χ0v) is 16.7. The van der Waals surface area contributed by atoms with Gasteiger partial charge in [0.15, 0.2) is 5.69 Å². The van der Waals surface area contributed by atoms with Gasteiger partial charge in [0, 0.05) is 24.3 Å². The molecular weight excluding hydrogens is 312 g/mol. The van der Waals surface area contributed by atoms with E-state index >= 15 is 0 Å². The Labute approximate surface area is 152 Å². The van der Waals surface area contributed by atoms with Gasteiger partial charge >= 0.3 is 0 Å². The van der Waals surface area contributed by atoms with E-state index in [9.17, 15) is 4.79 Å². The van der Waals surface area contributed by atoms with Crippen LogP contribution in [0, 0.1) is 0 Å². The normalized spacial score (nSPS) is 25.3. The molecule has 5 nitrogen and oxygen atoms in total. The average molecular weight is 347 g/mol. The van der Waals surface area contributed by atoms with Gasteiger partial charge in [-0.3, -0.25) is 9.48 Å². The first kappa shape index (κ1) is 18.4. The summed E-state index contributed by atoms with van der Waals surface area (Å²) in [6, 6.07) is 2.88. The molecular formula is C20H34N4O. The second kappa shape index (κ2) is 6.75. The summed E-state index contributed by atoms with van der Waals surface area (Å²) in [5.74, 6) is 0.469. The molecule has 1 aromatic heterocycles. The molecule has 0 unspecified atom stereocenters. The minimum atomic E-state index is -0.117. The summed E-state index contributed by atoms with van der Waals surface area (Å²) in [7, 11) is 2.20. The number of hydrogen-bond acceptors (Lipinski definition) is 3. The maximum atomic E-state index is 13.3. The summed E-state index contributed by atoms with van der Waals surface area (Å²) < 4.78 is 2.04. The van der Waals surface area contributed by atoms with Crippen LogP contribution in [0.2, 0.25) is 0 Å². The van der Waals surface area contributed by atoms with Crippen LogP contribution < -0.4 is 0 Å². The number of nitrogens with zero attached hydrogens (tertiary/aromatic N) is 4. The van der Waals surface area contributed by atoms with Crippen LogP contribution in [0.15, 0.2) is 6.07 Å². The van der Waals surface area contributed by atoms with Crippen LogP contribution in [0.5, 0.6) is 0 Å². The van der Waals surface area contributed by atoms with Gasteiger partial charge in [-0.25, -0.2) is 0 Å². The minimum Gasteiger partial charge on any atom is -0.333 e. The van der Waals surface area contributed by atoms with Crippen LogP contribution >= 0.6 is 0 Å². The maximum absolute atomic E-state index is 13.3. The van der Waals surface area contributed by atoms with Crippen molar-refractivity contribution in [2.75, 3.05) is 20.1 Å². The van der Waals surface area contributed by atoms with Crippen molar-refractivity contribution in [2.24, 2.45) is 0 Å². The van der Waals surface area contributed by atoms with Crippen LogP contribution in [0.25, 0.3) is 0 Å². The Morgan fingerprint density at radius 2 is 1.80 bits per heavy atom. The number of carbonyl (C=O) groups is 1. The summed E-state index contributed by atoms with van der Waals surface area (Å²) >= 11 is 0. The number of amides is 1. The lowest BCUT2D eigenvalue weighted by atomic mass is 10.0. The number of rotatable bonds is 3. The van der Waals surface area contributed by atoms with Crippen LogP contribution in [0.1, 0.15) is 82.4 Å². The van der Waals surface area contributed by atoms with Crippen molar-refractivity contribution in [3.63, 3.8) is 0 Å². The fourth-order valence-corrected chi connectivity index (χ4v) is 4.46. The van der Waals surface area contributed by atoms with Crippen molar-refractivity contribution >= 4 is 5.91 Å². The smallest absolute Gasteiger partial charge is 0.274 e. The first-order chi connectivity index (χ1) is 11.7. The first-order valence-corrected chi connectivity index (χ1v) is 9.82. The minimum absolute atomic E-state index is 0.117. The quantitative estimate of drug-likeness (QED) is 0.842. The van der Waals surface area contributed by atoms with E-state index < -0.39 is 0 Å². The molecule has 140 valence electrons. The fourth-order valence-electron chi connectivity index (χ4n) is 4.46. The van der Waals surface area contributed by atoms with Crippen molar-refractivity contribution in [3.05, 3.63) is 17.5 Å². The molecule has 3 rings (SSSR count). The van der Waals surface area contributed by atoms with Crippen LogP contribution in [0.3, 0.4) is 0 Å². The second-order valence-electron chi connectivity index (χ2n) is 9.09. The molecule has 0 aromatic carbocycles. The zero-order valence-electron chi connectivity index (χ0n) is 16.7. The Hall–Kier alpha value is -1.36. The molecule has 0 saturated carbocycles. The summed E-state index contributed by atoms with van der Waals surface area (Å²) in [6.07, 6.45) is 4.68. The van der Waals surface area contributed by atoms with Gasteiger partial charge in [-0.2, -0.15) is 5.10 Å². The SMILES string of the molecule is CC(C)c1cc(C(=O)N2CCC[C@@H]2[C@H]2CCCN2C)nn1C(C)(C)C. The van der Waals surface area contributed by atoms with Crippen molar-refractivity contribution in [1.82, 2.24) is 19.6 Å². The maximum Gasteiger partial charge on any atom is 0.274 e. The van der Waals surface area contributed by atoms with Crippen LogP contribution in [-0.4, -0.2) is 57.7 Å². The lowest BCUT2D eigenvalue weighted by Gasteiger charge is -2.32. The Morgan fingerprint density at radius 3 is 2.32 bits per heavy atom. The van der Waals surface area contributed by atoms with E-state index in [2.05, 4.69) is 51.5 Å². The van der Waals surface area contributed by atoms with Crippen molar-refractivity contribution in [2.45, 2.75) is 83.8 Å². The highest BCUT2D eigenvalue weighted by Crippen LogP contribution is 2.31. The van der Waals surface area contributed by atoms with E-state index in [1.807, 2.05) is 10.7 Å². The molecule has 25 heavy (non-hydrogen) atoms. The fraction of sp³-hybridized carbons (Fsp3) is 0.800. The third kappa shape index (κ3) is 3.48. The molecule has 2 atom stereocenters. The third-order valence-electron chi connectivity index (χ3n) is 5.76. The molecule has 0 spiro atoms. The summed E-state index contributed by atoms with van der Waals surface area (Å²) in [4.78, 5) is 17.8. The van der Waals surface area contributed by atoms with Gasteiger partial charge in [0.05, 0.1) is 5.54 Å². The van der Waals surface area contributed by atoms with Crippen molar-refractivity contribution < 1.29 is 4.79 Å². The molecule has 2 saturated heterocycles. The van der Waals surface area contributed by atoms with Crippen molar-refractivity contribution in [3.8, 4) is 0 Å². The molecule has 0 aliphatic carbocycles. The van der Waals surface area contributed by atoms with Crippen molar-refractivity contribution in [1.29, 1.82) is 0 Å². The number of carbonyl (C=O) groups excluding carboxylic acids is 1. The highest BCUT2D eigenvalue weighted by molar-refractivity contribution is 5.93. The van der Waals surface area contributed by atoms with E-state index in [0.717, 1.165) is 31.6 Å². The topological polar surface area (TPSA) is 41.4 Å². The largest absolute Gasteiger partial charge is 0.333 e. The third-order valence-corrected chi connectivity index (χ3v) is 5.76. The number of aromatic nitrogens is 2. The Kier molecular flexibility index (Phi) is 4.97. The van der Waals surface area contributed by atoms with Gasteiger partial charge in [-0.1, -0.05) is 13.8 Å². The number of likely N-dealkylation sites (N-methyl/N-ethyl adjacent to an activating group) is 1. The van der Waals surface area contributed by atoms with Gasteiger partial charge in [0.1, 0.15) is 0 Å².